The summed E-state index contributed by atoms with van der Waals surface area (Å²) < 4.78 is 0. The van der Waals surface area contributed by atoms with Crippen LogP contribution in [0.3, 0.4) is 0 Å². The van der Waals surface area contributed by atoms with Gasteiger partial charge in [-0.3, -0.25) is 4.79 Å². The minimum absolute atomic E-state index is 0.0696. The lowest BCUT2D eigenvalue weighted by Gasteiger charge is -2.12. The Morgan fingerprint density at radius 2 is 1.96 bits per heavy atom. The smallest absolute Gasteiger partial charge is 0.251 e. The first kappa shape index (κ1) is 17.9. The third kappa shape index (κ3) is 5.35. The Bertz CT molecular complexity index is 698. The van der Waals surface area contributed by atoms with Crippen LogP contribution in [0.5, 0.6) is 0 Å². The average Bonchev–Trinajstić information content (AvgIpc) is 2.54. The molecule has 5 nitrogen and oxygen atoms in total. The second-order valence-corrected chi connectivity index (χ2v) is 6.29. The van der Waals surface area contributed by atoms with E-state index in [0.29, 0.717) is 17.9 Å². The van der Waals surface area contributed by atoms with Crippen molar-refractivity contribution in [3.05, 3.63) is 53.2 Å². The number of hydrogen-bond donors (Lipinski definition) is 2. The van der Waals surface area contributed by atoms with E-state index in [-0.39, 0.29) is 5.91 Å². The zero-order valence-corrected chi connectivity index (χ0v) is 14.9. The number of hydrogen-bond acceptors (Lipinski definition) is 4. The second kappa shape index (κ2) is 8.45. The molecule has 24 heavy (non-hydrogen) atoms. The van der Waals surface area contributed by atoms with Gasteiger partial charge in [-0.25, -0.2) is 4.98 Å². The molecule has 128 valence electrons. The van der Waals surface area contributed by atoms with Crippen LogP contribution in [0.25, 0.3) is 0 Å². The van der Waals surface area contributed by atoms with Gasteiger partial charge in [0, 0.05) is 24.0 Å². The van der Waals surface area contributed by atoms with Crippen LogP contribution in [-0.4, -0.2) is 43.0 Å². The molecule has 1 aromatic carbocycles. The summed E-state index contributed by atoms with van der Waals surface area (Å²) in [5, 5.41) is 6.22. The van der Waals surface area contributed by atoms with E-state index in [1.165, 1.54) is 5.56 Å². The van der Waals surface area contributed by atoms with Gasteiger partial charge < -0.3 is 15.5 Å². The predicted octanol–water partition coefficient (Wildman–Crippen LogP) is 3.12. The van der Waals surface area contributed by atoms with Crippen LogP contribution in [0.15, 0.2) is 36.5 Å². The summed E-state index contributed by atoms with van der Waals surface area (Å²) in [6, 6.07) is 9.70. The lowest BCUT2D eigenvalue weighted by atomic mass is 10.1. The summed E-state index contributed by atoms with van der Waals surface area (Å²) in [5.41, 5.74) is 3.98. The molecule has 1 heterocycles. The van der Waals surface area contributed by atoms with Gasteiger partial charge in [-0.2, -0.15) is 0 Å². The number of nitrogens with zero attached hydrogens (tertiary/aromatic N) is 2. The van der Waals surface area contributed by atoms with E-state index in [4.69, 9.17) is 0 Å². The molecule has 0 fully saturated rings. The SMILES string of the molecule is Cc1ccc(Nc2cc(C(=O)NCCCN(C)C)ccn2)c(C)c1. The minimum Gasteiger partial charge on any atom is -0.352 e. The van der Waals surface area contributed by atoms with Gasteiger partial charge in [0.15, 0.2) is 0 Å². The Kier molecular flexibility index (Phi) is 6.32. The molecule has 0 radical (unpaired) electrons. The maximum absolute atomic E-state index is 12.2. The molecule has 0 saturated heterocycles. The fraction of sp³-hybridized carbons (Fsp3) is 0.368. The number of aryl methyl sites for hydroxylation is 2. The molecule has 0 unspecified atom stereocenters. The van der Waals surface area contributed by atoms with Crippen molar-refractivity contribution in [3.63, 3.8) is 0 Å². The fourth-order valence-corrected chi connectivity index (χ4v) is 2.43. The summed E-state index contributed by atoms with van der Waals surface area (Å²) in [7, 11) is 4.05. The van der Waals surface area contributed by atoms with E-state index in [2.05, 4.69) is 46.5 Å². The number of amides is 1. The fourth-order valence-electron chi connectivity index (χ4n) is 2.43. The molecule has 0 spiro atoms. The largest absolute Gasteiger partial charge is 0.352 e. The Morgan fingerprint density at radius 3 is 2.67 bits per heavy atom. The first-order valence-electron chi connectivity index (χ1n) is 8.19. The van der Waals surface area contributed by atoms with Crippen LogP contribution >= 0.6 is 0 Å². The summed E-state index contributed by atoms with van der Waals surface area (Å²) >= 11 is 0. The molecule has 5 heteroatoms. The number of pyridine rings is 1. The summed E-state index contributed by atoms with van der Waals surface area (Å²) in [6.07, 6.45) is 2.58. The van der Waals surface area contributed by atoms with Crippen molar-refractivity contribution in [3.8, 4) is 0 Å². The summed E-state index contributed by atoms with van der Waals surface area (Å²) in [4.78, 5) is 18.6. The van der Waals surface area contributed by atoms with Gasteiger partial charge in [-0.05, 0) is 64.7 Å². The van der Waals surface area contributed by atoms with Crippen molar-refractivity contribution in [2.24, 2.45) is 0 Å². The molecule has 0 aliphatic carbocycles. The van der Waals surface area contributed by atoms with Crippen LogP contribution in [-0.2, 0) is 0 Å². The first-order chi connectivity index (χ1) is 11.5. The van der Waals surface area contributed by atoms with Crippen molar-refractivity contribution >= 4 is 17.4 Å². The standard InChI is InChI=1S/C19H26N4O/c1-14-6-7-17(15(2)12-14)22-18-13-16(8-10-20-18)19(24)21-9-5-11-23(3)4/h6-8,10,12-13H,5,9,11H2,1-4H3,(H,20,22)(H,21,24). The normalized spacial score (nSPS) is 10.7. The van der Waals surface area contributed by atoms with Crippen LogP contribution in [0, 0.1) is 13.8 Å². The highest BCUT2D eigenvalue weighted by Gasteiger charge is 2.07. The Hall–Kier alpha value is -2.40. The third-order valence-corrected chi connectivity index (χ3v) is 3.73. The van der Waals surface area contributed by atoms with Crippen LogP contribution in [0.1, 0.15) is 27.9 Å². The van der Waals surface area contributed by atoms with Gasteiger partial charge >= 0.3 is 0 Å². The molecule has 2 rings (SSSR count). The molecule has 0 aliphatic heterocycles. The summed E-state index contributed by atoms with van der Waals surface area (Å²) in [6.45, 7) is 5.74. The van der Waals surface area contributed by atoms with E-state index >= 15 is 0 Å². The van der Waals surface area contributed by atoms with E-state index in [1.807, 2.05) is 20.2 Å². The Morgan fingerprint density at radius 1 is 1.17 bits per heavy atom. The van der Waals surface area contributed by atoms with Crippen molar-refractivity contribution in [2.45, 2.75) is 20.3 Å². The van der Waals surface area contributed by atoms with Gasteiger partial charge in [-0.1, -0.05) is 17.7 Å². The second-order valence-electron chi connectivity index (χ2n) is 6.29. The average molecular weight is 326 g/mol. The van der Waals surface area contributed by atoms with Crippen molar-refractivity contribution in [2.75, 3.05) is 32.5 Å². The van der Waals surface area contributed by atoms with Gasteiger partial charge in [0.25, 0.3) is 5.91 Å². The van der Waals surface area contributed by atoms with E-state index < -0.39 is 0 Å². The van der Waals surface area contributed by atoms with Gasteiger partial charge in [0.2, 0.25) is 0 Å². The van der Waals surface area contributed by atoms with Crippen LogP contribution < -0.4 is 10.6 Å². The number of benzene rings is 1. The molecular formula is C19H26N4O. The van der Waals surface area contributed by atoms with E-state index in [0.717, 1.165) is 24.2 Å². The number of nitrogens with one attached hydrogen (secondary N) is 2. The van der Waals surface area contributed by atoms with Crippen LogP contribution in [0.2, 0.25) is 0 Å². The topological polar surface area (TPSA) is 57.3 Å². The summed E-state index contributed by atoms with van der Waals surface area (Å²) in [5.74, 6) is 0.600. The highest BCUT2D eigenvalue weighted by atomic mass is 16.1. The van der Waals surface area contributed by atoms with E-state index in [9.17, 15) is 4.79 Å². The van der Waals surface area contributed by atoms with Gasteiger partial charge in [0.05, 0.1) is 0 Å². The number of aromatic nitrogens is 1. The molecule has 1 aromatic heterocycles. The zero-order valence-electron chi connectivity index (χ0n) is 14.9. The monoisotopic (exact) mass is 326 g/mol. The predicted molar refractivity (Wildman–Crippen MR) is 98.9 cm³/mol. The Balaban J connectivity index is 1.99. The maximum Gasteiger partial charge on any atom is 0.251 e. The van der Waals surface area contributed by atoms with Gasteiger partial charge in [0.1, 0.15) is 5.82 Å². The first-order valence-corrected chi connectivity index (χ1v) is 8.19. The number of carbonyl (C=O) groups is 1. The van der Waals surface area contributed by atoms with Crippen molar-refractivity contribution < 1.29 is 4.79 Å². The van der Waals surface area contributed by atoms with Crippen LogP contribution in [0.4, 0.5) is 11.5 Å². The number of carbonyl (C=O) groups excluding carboxylic acids is 1. The molecule has 0 aliphatic rings. The lowest BCUT2D eigenvalue weighted by molar-refractivity contribution is 0.0952. The number of anilines is 2. The number of rotatable bonds is 7. The Labute approximate surface area is 144 Å². The maximum atomic E-state index is 12.2. The minimum atomic E-state index is -0.0696. The molecule has 0 bridgehead atoms. The van der Waals surface area contributed by atoms with E-state index in [1.54, 1.807) is 18.3 Å². The molecular weight excluding hydrogens is 300 g/mol. The zero-order chi connectivity index (χ0) is 17.5. The van der Waals surface area contributed by atoms with Gasteiger partial charge in [-0.15, -0.1) is 0 Å². The highest BCUT2D eigenvalue weighted by molar-refractivity contribution is 5.94. The molecule has 1 amide bonds. The molecule has 0 saturated carbocycles. The quantitative estimate of drug-likeness (QED) is 0.768. The molecule has 2 aromatic rings. The van der Waals surface area contributed by atoms with Crippen molar-refractivity contribution in [1.82, 2.24) is 15.2 Å². The highest BCUT2D eigenvalue weighted by Crippen LogP contribution is 2.20. The molecule has 0 atom stereocenters. The lowest BCUT2D eigenvalue weighted by Crippen LogP contribution is -2.27. The molecule has 2 N–H and O–H groups in total. The van der Waals surface area contributed by atoms with Crippen molar-refractivity contribution in [1.29, 1.82) is 0 Å². The third-order valence-electron chi connectivity index (χ3n) is 3.73.